The Balaban J connectivity index is 1.30. The predicted octanol–water partition coefficient (Wildman–Crippen LogP) is 5.25. The molecule has 2 heterocycles. The maximum Gasteiger partial charge on any atom is 0.409 e. The lowest BCUT2D eigenvalue weighted by molar-refractivity contribution is 0.114. The fourth-order valence-corrected chi connectivity index (χ4v) is 3.85. The van der Waals surface area contributed by atoms with Crippen molar-refractivity contribution in [1.29, 1.82) is 0 Å². The minimum absolute atomic E-state index is 0.202. The Hall–Kier alpha value is -3.28. The van der Waals surface area contributed by atoms with Gasteiger partial charge in [-0.3, -0.25) is 0 Å². The molecule has 31 heavy (non-hydrogen) atoms. The van der Waals surface area contributed by atoms with Crippen LogP contribution in [0.15, 0.2) is 59.0 Å². The molecule has 2 aromatic carbocycles. The number of rotatable bonds is 7. The van der Waals surface area contributed by atoms with Crippen LogP contribution in [0.25, 0.3) is 11.5 Å². The largest absolute Gasteiger partial charge is 0.487 e. The van der Waals surface area contributed by atoms with E-state index in [9.17, 15) is 4.79 Å². The second-order valence-electron chi connectivity index (χ2n) is 7.82. The zero-order valence-electron chi connectivity index (χ0n) is 18.0. The normalized spacial score (nSPS) is 15.8. The van der Waals surface area contributed by atoms with Gasteiger partial charge in [0.25, 0.3) is 0 Å². The summed E-state index contributed by atoms with van der Waals surface area (Å²) in [7, 11) is 0. The number of oxazole rings is 1. The van der Waals surface area contributed by atoms with Crippen molar-refractivity contribution in [2.75, 3.05) is 19.7 Å². The maximum absolute atomic E-state index is 11.9. The van der Waals surface area contributed by atoms with Crippen molar-refractivity contribution < 1.29 is 18.7 Å². The van der Waals surface area contributed by atoms with Crippen LogP contribution in [0.4, 0.5) is 4.79 Å². The number of ether oxygens (including phenoxy) is 2. The molecule has 1 atom stereocenters. The molecule has 6 heteroatoms. The smallest absolute Gasteiger partial charge is 0.409 e. The SMILES string of the molecule is CCOC(=O)N1CC[C@H](Cc2ccc(OCc3nc(-c4ccccc4)oc3C)cc2)C1. The molecule has 0 aliphatic carbocycles. The molecule has 1 aliphatic heterocycles. The van der Waals surface area contributed by atoms with Gasteiger partial charge in [-0.1, -0.05) is 30.3 Å². The molecule has 1 fully saturated rings. The van der Waals surface area contributed by atoms with Crippen molar-refractivity contribution in [3.05, 3.63) is 71.6 Å². The number of aryl methyl sites for hydroxylation is 1. The number of carbonyl (C=O) groups excluding carboxylic acids is 1. The molecule has 1 aromatic heterocycles. The number of hydrogen-bond donors (Lipinski definition) is 0. The van der Waals surface area contributed by atoms with Gasteiger partial charge >= 0.3 is 6.09 Å². The van der Waals surface area contributed by atoms with E-state index in [0.717, 1.165) is 48.7 Å². The molecule has 3 aromatic rings. The van der Waals surface area contributed by atoms with E-state index in [2.05, 4.69) is 17.1 Å². The standard InChI is InChI=1S/C25H28N2O4/c1-3-29-25(28)27-14-13-20(16-27)15-19-9-11-22(12-10-19)30-17-23-18(2)31-24(26-23)21-7-5-4-6-8-21/h4-12,20H,3,13-17H2,1-2H3/t20-/m1/s1. The average molecular weight is 421 g/mol. The fourth-order valence-electron chi connectivity index (χ4n) is 3.85. The van der Waals surface area contributed by atoms with E-state index < -0.39 is 0 Å². The van der Waals surface area contributed by atoms with E-state index in [1.807, 2.05) is 56.3 Å². The Morgan fingerprint density at radius 1 is 1.16 bits per heavy atom. The summed E-state index contributed by atoms with van der Waals surface area (Å²) in [5, 5.41) is 0. The number of benzene rings is 2. The third-order valence-electron chi connectivity index (χ3n) is 5.55. The Morgan fingerprint density at radius 3 is 2.68 bits per heavy atom. The molecule has 0 bridgehead atoms. The monoisotopic (exact) mass is 420 g/mol. The van der Waals surface area contributed by atoms with Crippen LogP contribution in [0.1, 0.15) is 30.4 Å². The molecule has 162 valence electrons. The highest BCUT2D eigenvalue weighted by molar-refractivity contribution is 5.67. The molecule has 0 saturated carbocycles. The van der Waals surface area contributed by atoms with Gasteiger partial charge in [-0.2, -0.15) is 0 Å². The number of hydrogen-bond acceptors (Lipinski definition) is 5. The number of nitrogens with zero attached hydrogens (tertiary/aromatic N) is 2. The van der Waals surface area contributed by atoms with Crippen molar-refractivity contribution in [2.24, 2.45) is 5.92 Å². The summed E-state index contributed by atoms with van der Waals surface area (Å²) < 4.78 is 16.8. The van der Waals surface area contributed by atoms with Crippen molar-refractivity contribution in [3.63, 3.8) is 0 Å². The first-order valence-corrected chi connectivity index (χ1v) is 10.8. The minimum Gasteiger partial charge on any atom is -0.487 e. The first kappa shape index (κ1) is 21.0. The van der Waals surface area contributed by atoms with E-state index in [0.29, 0.717) is 25.0 Å². The zero-order valence-corrected chi connectivity index (χ0v) is 18.0. The van der Waals surface area contributed by atoms with Gasteiger partial charge in [0.2, 0.25) is 5.89 Å². The van der Waals surface area contributed by atoms with Crippen LogP contribution in [0.5, 0.6) is 5.75 Å². The second kappa shape index (κ2) is 9.69. The number of amides is 1. The van der Waals surface area contributed by atoms with E-state index in [1.54, 1.807) is 4.90 Å². The molecule has 0 radical (unpaired) electrons. The Kier molecular flexibility index (Phi) is 6.55. The van der Waals surface area contributed by atoms with Crippen molar-refractivity contribution in [2.45, 2.75) is 33.3 Å². The molecule has 1 amide bonds. The van der Waals surface area contributed by atoms with Crippen LogP contribution in [-0.4, -0.2) is 35.7 Å². The number of likely N-dealkylation sites (tertiary alicyclic amines) is 1. The van der Waals surface area contributed by atoms with Crippen LogP contribution in [0.3, 0.4) is 0 Å². The molecule has 4 rings (SSSR count). The molecule has 0 spiro atoms. The Morgan fingerprint density at radius 2 is 1.94 bits per heavy atom. The molecular formula is C25H28N2O4. The van der Waals surface area contributed by atoms with E-state index >= 15 is 0 Å². The molecule has 1 saturated heterocycles. The van der Waals surface area contributed by atoms with Crippen LogP contribution < -0.4 is 4.74 Å². The van der Waals surface area contributed by atoms with Crippen molar-refractivity contribution in [3.8, 4) is 17.2 Å². The number of aromatic nitrogens is 1. The highest BCUT2D eigenvalue weighted by Crippen LogP contribution is 2.25. The molecule has 1 aliphatic rings. The zero-order chi connectivity index (χ0) is 21.6. The summed E-state index contributed by atoms with van der Waals surface area (Å²) in [5.41, 5.74) is 3.00. The first-order valence-electron chi connectivity index (χ1n) is 10.8. The highest BCUT2D eigenvalue weighted by atomic mass is 16.6. The first-order chi connectivity index (χ1) is 15.1. The molecule has 0 unspecified atom stereocenters. The van der Waals surface area contributed by atoms with E-state index in [-0.39, 0.29) is 6.09 Å². The van der Waals surface area contributed by atoms with Gasteiger partial charge in [0, 0.05) is 18.7 Å². The third-order valence-corrected chi connectivity index (χ3v) is 5.55. The van der Waals surface area contributed by atoms with Gasteiger partial charge in [0.1, 0.15) is 23.8 Å². The van der Waals surface area contributed by atoms with Gasteiger partial charge in [-0.05, 0) is 62.4 Å². The minimum atomic E-state index is -0.202. The van der Waals surface area contributed by atoms with Crippen LogP contribution >= 0.6 is 0 Å². The number of carbonyl (C=O) groups is 1. The quantitative estimate of drug-likeness (QED) is 0.522. The van der Waals surface area contributed by atoms with Gasteiger partial charge in [-0.25, -0.2) is 9.78 Å². The lowest BCUT2D eigenvalue weighted by Crippen LogP contribution is -2.29. The van der Waals surface area contributed by atoms with E-state index in [4.69, 9.17) is 13.9 Å². The lowest BCUT2D eigenvalue weighted by Gasteiger charge is -2.15. The lowest BCUT2D eigenvalue weighted by atomic mass is 9.99. The third kappa shape index (κ3) is 5.26. The van der Waals surface area contributed by atoms with Crippen molar-refractivity contribution >= 4 is 6.09 Å². The van der Waals surface area contributed by atoms with Gasteiger partial charge in [0.15, 0.2) is 0 Å². The fraction of sp³-hybridized carbons (Fsp3) is 0.360. The summed E-state index contributed by atoms with van der Waals surface area (Å²) in [6.07, 6.45) is 1.75. The molecular weight excluding hydrogens is 392 g/mol. The topological polar surface area (TPSA) is 64.8 Å². The van der Waals surface area contributed by atoms with Crippen LogP contribution in [-0.2, 0) is 17.8 Å². The van der Waals surface area contributed by atoms with Crippen LogP contribution in [0, 0.1) is 12.8 Å². The van der Waals surface area contributed by atoms with Crippen molar-refractivity contribution in [1.82, 2.24) is 9.88 Å². The van der Waals surface area contributed by atoms with Gasteiger partial charge in [0.05, 0.1) is 6.61 Å². The summed E-state index contributed by atoms with van der Waals surface area (Å²) in [4.78, 5) is 18.2. The average Bonchev–Trinajstić information content (AvgIpc) is 3.41. The molecule has 6 nitrogen and oxygen atoms in total. The summed E-state index contributed by atoms with van der Waals surface area (Å²) in [5.74, 6) is 2.64. The Labute approximate surface area is 182 Å². The van der Waals surface area contributed by atoms with Gasteiger partial charge in [-0.15, -0.1) is 0 Å². The summed E-state index contributed by atoms with van der Waals surface area (Å²) >= 11 is 0. The second-order valence-corrected chi connectivity index (χ2v) is 7.82. The highest BCUT2D eigenvalue weighted by Gasteiger charge is 2.27. The van der Waals surface area contributed by atoms with Crippen LogP contribution in [0.2, 0.25) is 0 Å². The summed E-state index contributed by atoms with van der Waals surface area (Å²) in [6.45, 7) is 6.05. The van der Waals surface area contributed by atoms with E-state index in [1.165, 1.54) is 5.56 Å². The summed E-state index contributed by atoms with van der Waals surface area (Å²) in [6, 6.07) is 18.0. The Bertz CT molecular complexity index is 998. The predicted molar refractivity (Wildman–Crippen MR) is 118 cm³/mol. The van der Waals surface area contributed by atoms with Gasteiger partial charge < -0.3 is 18.8 Å². The molecule has 0 N–H and O–H groups in total. The maximum atomic E-state index is 11.9.